The van der Waals surface area contributed by atoms with Crippen molar-refractivity contribution in [2.75, 3.05) is 23.3 Å². The van der Waals surface area contributed by atoms with Crippen LogP contribution in [0.5, 0.6) is 0 Å². The molecule has 3 rings (SSSR count). The van der Waals surface area contributed by atoms with Crippen LogP contribution in [0.25, 0.3) is 0 Å². The molecule has 3 N–H and O–H groups in total. The summed E-state index contributed by atoms with van der Waals surface area (Å²) in [6.45, 7) is 2.30. The topological polar surface area (TPSA) is 88.3 Å². The largest absolute Gasteiger partial charge is 0.417 e. The molecule has 0 bridgehead atoms. The maximum Gasteiger partial charge on any atom is 0.417 e. The third-order valence-electron chi connectivity index (χ3n) is 5.32. The van der Waals surface area contributed by atoms with Gasteiger partial charge >= 0.3 is 6.18 Å². The van der Waals surface area contributed by atoms with Gasteiger partial charge in [0.1, 0.15) is 16.8 Å². The zero-order valence-electron chi connectivity index (χ0n) is 17.6. The van der Waals surface area contributed by atoms with E-state index in [1.54, 1.807) is 0 Å². The van der Waals surface area contributed by atoms with Crippen LogP contribution in [0.15, 0.2) is 53.1 Å². The first-order valence-electron chi connectivity index (χ1n) is 9.75. The van der Waals surface area contributed by atoms with Crippen LogP contribution in [0.2, 0.25) is 0 Å². The molecule has 0 saturated carbocycles. The monoisotopic (exact) mass is 488 g/mol. The number of aromatic nitrogens is 1. The minimum atomic E-state index is -4.77. The first kappa shape index (κ1) is 24.8. The van der Waals surface area contributed by atoms with E-state index in [1.807, 2.05) is 0 Å². The minimum absolute atomic E-state index is 0.0634. The Hall–Kier alpha value is -2.86. The molecule has 2 aromatic rings. The Labute approximate surface area is 189 Å². The third-order valence-corrected chi connectivity index (χ3v) is 6.04. The molecule has 0 fully saturated rings. The molecule has 2 heterocycles. The fourth-order valence-corrected chi connectivity index (χ4v) is 3.85. The van der Waals surface area contributed by atoms with Crippen molar-refractivity contribution in [3.63, 3.8) is 0 Å². The molecule has 2 atom stereocenters. The molecular formula is C21H21F5N4O2S. The van der Waals surface area contributed by atoms with Crippen LogP contribution in [-0.2, 0) is 17.2 Å². The molecule has 1 aromatic carbocycles. The lowest BCUT2D eigenvalue weighted by Gasteiger charge is -2.28. The van der Waals surface area contributed by atoms with Crippen molar-refractivity contribution in [2.45, 2.75) is 30.8 Å². The normalized spacial score (nSPS) is 19.5. The predicted octanol–water partition coefficient (Wildman–Crippen LogP) is 4.37. The highest BCUT2D eigenvalue weighted by Gasteiger charge is 2.41. The molecule has 2 unspecified atom stereocenters. The van der Waals surface area contributed by atoms with E-state index in [-0.39, 0.29) is 35.1 Å². The molecule has 12 heteroatoms. The number of halogens is 5. The van der Waals surface area contributed by atoms with Crippen LogP contribution >= 0.6 is 0 Å². The number of nitrogens with zero attached hydrogens (tertiary/aromatic N) is 2. The van der Waals surface area contributed by atoms with Crippen molar-refractivity contribution in [2.24, 2.45) is 11.1 Å². The molecule has 1 aliphatic heterocycles. The number of carbonyl (C=O) groups is 1. The number of benzene rings is 1. The van der Waals surface area contributed by atoms with Crippen molar-refractivity contribution in [1.82, 2.24) is 4.98 Å². The maximum absolute atomic E-state index is 14.4. The SMILES string of the molecule is CC1=CCN(c2ncc(C(F)(F)F)cc2C(=O)Nc2cccc(S(N)=O)c2)CC(C)C1(F)F. The lowest BCUT2D eigenvalue weighted by molar-refractivity contribution is -0.137. The quantitative estimate of drug-likeness (QED) is 0.494. The zero-order valence-corrected chi connectivity index (χ0v) is 18.4. The number of pyridine rings is 1. The van der Waals surface area contributed by atoms with Gasteiger partial charge in [-0.1, -0.05) is 19.1 Å². The smallest absolute Gasteiger partial charge is 0.352 e. The first-order valence-corrected chi connectivity index (χ1v) is 11.0. The van der Waals surface area contributed by atoms with Gasteiger partial charge in [-0.3, -0.25) is 4.79 Å². The second-order valence-electron chi connectivity index (χ2n) is 7.69. The van der Waals surface area contributed by atoms with Crippen molar-refractivity contribution in [3.05, 3.63) is 59.3 Å². The van der Waals surface area contributed by atoms with Crippen LogP contribution in [0.4, 0.5) is 33.5 Å². The van der Waals surface area contributed by atoms with Gasteiger partial charge in [0.15, 0.2) is 0 Å². The number of allylic oxidation sites excluding steroid dienone is 1. The van der Waals surface area contributed by atoms with Gasteiger partial charge in [-0.2, -0.15) is 13.2 Å². The number of hydrogen-bond donors (Lipinski definition) is 2. The van der Waals surface area contributed by atoms with E-state index >= 15 is 0 Å². The number of carbonyl (C=O) groups excluding carboxylic acids is 1. The average Bonchev–Trinajstić information content (AvgIpc) is 2.84. The highest BCUT2D eigenvalue weighted by atomic mass is 32.2. The van der Waals surface area contributed by atoms with Crippen molar-refractivity contribution < 1.29 is 31.0 Å². The van der Waals surface area contributed by atoms with E-state index in [0.29, 0.717) is 12.3 Å². The third kappa shape index (κ3) is 5.38. The van der Waals surface area contributed by atoms with Crippen molar-refractivity contribution in [1.29, 1.82) is 0 Å². The van der Waals surface area contributed by atoms with E-state index in [9.17, 15) is 31.0 Å². The molecule has 1 amide bonds. The fraction of sp³-hybridized carbons (Fsp3) is 0.333. The Balaban J connectivity index is 2.03. The summed E-state index contributed by atoms with van der Waals surface area (Å²) in [5, 5.41) is 7.76. The molecule has 33 heavy (non-hydrogen) atoms. The summed E-state index contributed by atoms with van der Waals surface area (Å²) in [6, 6.07) is 6.31. The summed E-state index contributed by atoms with van der Waals surface area (Å²) < 4.78 is 80.3. The Morgan fingerprint density at radius 2 is 2.00 bits per heavy atom. The number of rotatable bonds is 4. The molecule has 0 spiro atoms. The summed E-state index contributed by atoms with van der Waals surface area (Å²) in [7, 11) is -1.84. The molecule has 1 aliphatic rings. The molecule has 1 aromatic heterocycles. The predicted molar refractivity (Wildman–Crippen MR) is 114 cm³/mol. The molecule has 178 valence electrons. The van der Waals surface area contributed by atoms with E-state index in [2.05, 4.69) is 10.3 Å². The summed E-state index contributed by atoms with van der Waals surface area (Å²) in [4.78, 5) is 18.3. The molecular weight excluding hydrogens is 467 g/mol. The van der Waals surface area contributed by atoms with Gasteiger partial charge in [0, 0.05) is 30.9 Å². The van der Waals surface area contributed by atoms with Gasteiger partial charge in [-0.05, 0) is 36.8 Å². The first-order chi connectivity index (χ1) is 15.3. The van der Waals surface area contributed by atoms with E-state index < -0.39 is 46.0 Å². The highest BCUT2D eigenvalue weighted by molar-refractivity contribution is 7.82. The summed E-state index contributed by atoms with van der Waals surface area (Å²) in [6.07, 6.45) is -2.94. The maximum atomic E-state index is 14.4. The van der Waals surface area contributed by atoms with Gasteiger partial charge in [-0.25, -0.2) is 23.1 Å². The number of hydrogen-bond acceptors (Lipinski definition) is 4. The van der Waals surface area contributed by atoms with Gasteiger partial charge in [-0.15, -0.1) is 0 Å². The molecule has 6 nitrogen and oxygen atoms in total. The minimum Gasteiger partial charge on any atom is -0.352 e. The fourth-order valence-electron chi connectivity index (χ4n) is 3.39. The number of anilines is 2. The summed E-state index contributed by atoms with van der Waals surface area (Å²) >= 11 is 0. The number of alkyl halides is 5. The van der Waals surface area contributed by atoms with Crippen molar-refractivity contribution >= 4 is 28.4 Å². The van der Waals surface area contributed by atoms with Crippen LogP contribution in [0.1, 0.15) is 29.8 Å². The molecule has 0 radical (unpaired) electrons. The summed E-state index contributed by atoms with van der Waals surface area (Å²) in [5.74, 6) is -5.38. The second-order valence-corrected chi connectivity index (χ2v) is 8.75. The molecule has 0 aliphatic carbocycles. The number of nitrogens with one attached hydrogen (secondary N) is 1. The Kier molecular flexibility index (Phi) is 6.89. The Morgan fingerprint density at radius 1 is 1.30 bits per heavy atom. The van der Waals surface area contributed by atoms with E-state index in [4.69, 9.17) is 5.14 Å². The Bertz CT molecular complexity index is 1120. The number of nitrogens with two attached hydrogens (primary N) is 1. The van der Waals surface area contributed by atoms with Gasteiger partial charge in [0.25, 0.3) is 11.8 Å². The van der Waals surface area contributed by atoms with Crippen molar-refractivity contribution in [3.8, 4) is 0 Å². The standard InChI is InChI=1S/C21H21F5N4O2S/c1-12-6-7-30(11-13(2)20(12,22)23)18-17(8-14(10-28-18)21(24,25)26)19(31)29-15-4-3-5-16(9-15)33(27)32/h3-6,8-10,13H,7,11,27H2,1-2H3,(H,29,31). The summed E-state index contributed by atoms with van der Waals surface area (Å²) in [5.41, 5.74) is -1.62. The molecule has 0 saturated heterocycles. The van der Waals surface area contributed by atoms with Crippen LogP contribution in [0.3, 0.4) is 0 Å². The van der Waals surface area contributed by atoms with Gasteiger partial charge in [0.2, 0.25) is 0 Å². The van der Waals surface area contributed by atoms with E-state index in [1.165, 1.54) is 49.1 Å². The van der Waals surface area contributed by atoms with Gasteiger partial charge < -0.3 is 10.2 Å². The van der Waals surface area contributed by atoms with Crippen LogP contribution in [0, 0.1) is 5.92 Å². The second kappa shape index (κ2) is 9.18. The highest BCUT2D eigenvalue weighted by Crippen LogP contribution is 2.37. The lowest BCUT2D eigenvalue weighted by atomic mass is 9.98. The van der Waals surface area contributed by atoms with Crippen LogP contribution < -0.4 is 15.4 Å². The zero-order chi connectivity index (χ0) is 24.6. The Morgan fingerprint density at radius 3 is 2.64 bits per heavy atom. The lowest BCUT2D eigenvalue weighted by Crippen LogP contribution is -2.36. The van der Waals surface area contributed by atoms with Gasteiger partial charge in [0.05, 0.1) is 16.0 Å². The van der Waals surface area contributed by atoms with E-state index in [0.717, 1.165) is 0 Å². The number of amides is 1. The van der Waals surface area contributed by atoms with Crippen LogP contribution in [-0.4, -0.2) is 34.1 Å². The average molecular weight is 488 g/mol.